The summed E-state index contributed by atoms with van der Waals surface area (Å²) in [7, 11) is 0. The van der Waals surface area contributed by atoms with Crippen LogP contribution in [0.2, 0.25) is 0 Å². The van der Waals surface area contributed by atoms with Crippen molar-refractivity contribution in [1.29, 1.82) is 0 Å². The first kappa shape index (κ1) is 39.0. The third-order valence-electron chi connectivity index (χ3n) is 14.3. The molecule has 0 saturated carbocycles. The van der Waals surface area contributed by atoms with Crippen LogP contribution in [0, 0.1) is 17.3 Å². The standard InChI is InChI=1S/C59H54IN3/c1-57(2,3)28-27-42-44-33-52-45(34-51(44)62-48-26-21-38(58(4,5)6)29-37(48)30-49(42)62)46-32-47(59(7,8)60)54-53-43-25-24-41(31-50(43)63(52)56(46)55(53)54)61(39-17-13-10-14-18-39)40-22-19-36(20-23-40)35-15-11-9-12-16-35/h9-29,31-33,45,55H,30,34H2,1-8H3/b28-27+/t45?,55-/m1/s1. The molecule has 1 unspecified atom stereocenters. The lowest BCUT2D eigenvalue weighted by Gasteiger charge is -2.35. The van der Waals surface area contributed by atoms with Crippen LogP contribution in [-0.4, -0.2) is 7.99 Å². The number of hydrogen-bond acceptors (Lipinski definition) is 2. The fraction of sp³-hybridized carbons (Fsp3) is 0.254. The first-order valence-electron chi connectivity index (χ1n) is 22.8. The van der Waals surface area contributed by atoms with Crippen LogP contribution in [-0.2, 0) is 18.3 Å². The normalized spacial score (nSPS) is 19.0. The molecule has 4 heterocycles. The molecule has 0 N–H and O–H groups in total. The Morgan fingerprint density at radius 3 is 2.05 bits per heavy atom. The number of allylic oxidation sites excluding steroid dienone is 5. The van der Waals surface area contributed by atoms with Gasteiger partial charge in [-0.15, -0.1) is 0 Å². The molecule has 2 atom stereocenters. The number of alkyl halides is 1. The van der Waals surface area contributed by atoms with Crippen molar-refractivity contribution in [2.45, 2.75) is 77.1 Å². The van der Waals surface area contributed by atoms with Gasteiger partial charge in [0.05, 0.1) is 11.6 Å². The molecule has 0 radical (unpaired) electrons. The molecule has 6 aromatic rings. The first-order valence-corrected chi connectivity index (χ1v) is 23.9. The average molecular weight is 932 g/mol. The topological polar surface area (TPSA) is 11.4 Å². The zero-order chi connectivity index (χ0) is 43.3. The van der Waals surface area contributed by atoms with E-state index in [9.17, 15) is 0 Å². The van der Waals surface area contributed by atoms with Crippen LogP contribution in [0.25, 0.3) is 34.5 Å². The van der Waals surface area contributed by atoms with E-state index in [0.29, 0.717) is 5.92 Å². The molecule has 3 aliphatic heterocycles. The van der Waals surface area contributed by atoms with E-state index in [-0.39, 0.29) is 20.2 Å². The highest BCUT2D eigenvalue weighted by molar-refractivity contribution is 14.1. The lowest BCUT2D eigenvalue weighted by molar-refractivity contribution is 0.547. The molecule has 3 aliphatic carbocycles. The maximum Gasteiger partial charge on any atom is 0.0552 e. The maximum absolute atomic E-state index is 2.72. The average Bonchev–Trinajstić information content (AvgIpc) is 3.59. The third kappa shape index (κ3) is 6.03. The van der Waals surface area contributed by atoms with Gasteiger partial charge in [-0.05, 0) is 118 Å². The Hall–Kier alpha value is -5.59. The molecule has 63 heavy (non-hydrogen) atoms. The van der Waals surface area contributed by atoms with Crippen LogP contribution in [0.1, 0.15) is 94.6 Å². The Balaban J connectivity index is 1.05. The van der Waals surface area contributed by atoms with E-state index >= 15 is 0 Å². The molecule has 312 valence electrons. The summed E-state index contributed by atoms with van der Waals surface area (Å²) in [5.41, 5.74) is 27.7. The van der Waals surface area contributed by atoms with Gasteiger partial charge in [0.25, 0.3) is 0 Å². The molecule has 4 heteroatoms. The zero-order valence-corrected chi connectivity index (χ0v) is 39.8. The van der Waals surface area contributed by atoms with Crippen LogP contribution in [0.3, 0.4) is 0 Å². The van der Waals surface area contributed by atoms with Gasteiger partial charge in [0.2, 0.25) is 0 Å². The molecule has 5 aromatic carbocycles. The van der Waals surface area contributed by atoms with E-state index in [2.05, 4.69) is 238 Å². The number of rotatable bonds is 6. The van der Waals surface area contributed by atoms with E-state index < -0.39 is 0 Å². The van der Waals surface area contributed by atoms with Gasteiger partial charge in [-0.3, -0.25) is 0 Å². The monoisotopic (exact) mass is 931 g/mol. The summed E-state index contributed by atoms with van der Waals surface area (Å²) in [4.78, 5) is 5.16. The van der Waals surface area contributed by atoms with Crippen LogP contribution in [0.5, 0.6) is 0 Å². The highest BCUT2D eigenvalue weighted by atomic mass is 127. The smallest absolute Gasteiger partial charge is 0.0552 e. The molecule has 0 fully saturated rings. The van der Waals surface area contributed by atoms with Crippen LogP contribution in [0.15, 0.2) is 162 Å². The SMILES string of the molecule is CC(C)(C)/C=C/c1c2c(n3c1Cc1cc(C(C)(C)C)ccc1-3)CC1C(=C2)N2C3=C1C=C(C(C)(C)I)C1=C(c4ccc(N(c5ccccc5)c5ccc(-c6ccccc6)cc5)cc42)[C@H]13. The first-order chi connectivity index (χ1) is 30.1. The van der Waals surface area contributed by atoms with Gasteiger partial charge < -0.3 is 14.4 Å². The second-order valence-electron chi connectivity index (χ2n) is 21.1. The van der Waals surface area contributed by atoms with Crippen molar-refractivity contribution in [3.05, 3.63) is 201 Å². The predicted octanol–water partition coefficient (Wildman–Crippen LogP) is 15.7. The van der Waals surface area contributed by atoms with Gasteiger partial charge in [0, 0.05) is 84.4 Å². The zero-order valence-electron chi connectivity index (χ0n) is 37.6. The number of benzene rings is 5. The minimum Gasteiger partial charge on any atom is -0.316 e. The molecule has 6 aliphatic rings. The summed E-state index contributed by atoms with van der Waals surface area (Å²) < 4.78 is 2.68. The van der Waals surface area contributed by atoms with Gasteiger partial charge in [0.1, 0.15) is 0 Å². The second kappa shape index (κ2) is 13.5. The lowest BCUT2D eigenvalue weighted by atomic mass is 9.81. The summed E-state index contributed by atoms with van der Waals surface area (Å²) in [6.07, 6.45) is 12.1. The minimum absolute atomic E-state index is 0.00807. The summed E-state index contributed by atoms with van der Waals surface area (Å²) >= 11 is 2.69. The summed E-state index contributed by atoms with van der Waals surface area (Å²) in [6.45, 7) is 18.7. The molecule has 0 amide bonds. The van der Waals surface area contributed by atoms with Gasteiger partial charge in [-0.25, -0.2) is 0 Å². The highest BCUT2D eigenvalue weighted by Crippen LogP contribution is 2.70. The van der Waals surface area contributed by atoms with Gasteiger partial charge >= 0.3 is 0 Å². The number of nitrogens with zero attached hydrogens (tertiary/aromatic N) is 3. The van der Waals surface area contributed by atoms with E-state index in [0.717, 1.165) is 24.2 Å². The number of aromatic nitrogens is 1. The summed E-state index contributed by atoms with van der Waals surface area (Å²) in [5.74, 6) is 0.630. The van der Waals surface area contributed by atoms with Crippen LogP contribution in [0.4, 0.5) is 22.7 Å². The van der Waals surface area contributed by atoms with Gasteiger partial charge in [0.15, 0.2) is 0 Å². The minimum atomic E-state index is 0.00807. The van der Waals surface area contributed by atoms with Crippen molar-refractivity contribution in [3.8, 4) is 16.8 Å². The van der Waals surface area contributed by atoms with E-state index in [1.165, 1.54) is 95.5 Å². The van der Waals surface area contributed by atoms with Gasteiger partial charge in [-0.1, -0.05) is 161 Å². The fourth-order valence-electron chi connectivity index (χ4n) is 11.2. The Morgan fingerprint density at radius 2 is 1.35 bits per heavy atom. The Bertz CT molecular complexity index is 3090. The Kier molecular flexibility index (Phi) is 8.34. The highest BCUT2D eigenvalue weighted by Gasteiger charge is 2.58. The summed E-state index contributed by atoms with van der Waals surface area (Å²) in [5, 5.41) is 0. The number of fused-ring (bicyclic) bond motifs is 11. The summed E-state index contributed by atoms with van der Waals surface area (Å²) in [6, 6.07) is 45.2. The van der Waals surface area contributed by atoms with Gasteiger partial charge in [-0.2, -0.15) is 0 Å². The van der Waals surface area contributed by atoms with Crippen molar-refractivity contribution < 1.29 is 0 Å². The molecule has 0 spiro atoms. The number of halogens is 1. The second-order valence-corrected chi connectivity index (χ2v) is 23.8. The molecule has 0 bridgehead atoms. The Labute approximate surface area is 387 Å². The number of hydrogen-bond donors (Lipinski definition) is 0. The lowest BCUT2D eigenvalue weighted by Crippen LogP contribution is -2.27. The van der Waals surface area contributed by atoms with Crippen LogP contribution >= 0.6 is 22.6 Å². The molecular weight excluding hydrogens is 878 g/mol. The Morgan fingerprint density at radius 1 is 0.667 bits per heavy atom. The van der Waals surface area contributed by atoms with Crippen molar-refractivity contribution >= 4 is 63.1 Å². The molecule has 0 saturated heterocycles. The largest absolute Gasteiger partial charge is 0.316 e. The van der Waals surface area contributed by atoms with E-state index in [4.69, 9.17) is 0 Å². The molecular formula is C59H54IN3. The molecule has 1 aromatic heterocycles. The number of para-hydroxylation sites is 1. The van der Waals surface area contributed by atoms with Crippen molar-refractivity contribution in [1.82, 2.24) is 4.57 Å². The van der Waals surface area contributed by atoms with Crippen LogP contribution < -0.4 is 9.80 Å². The van der Waals surface area contributed by atoms with Crippen molar-refractivity contribution in [3.63, 3.8) is 0 Å². The molecule has 3 nitrogen and oxygen atoms in total. The number of anilines is 4. The quantitative estimate of drug-likeness (QED) is 0.122. The third-order valence-corrected chi connectivity index (χ3v) is 14.8. The molecule has 12 rings (SSSR count). The van der Waals surface area contributed by atoms with Crippen molar-refractivity contribution in [2.24, 2.45) is 17.3 Å². The fourth-order valence-corrected chi connectivity index (χ4v) is 11.7. The van der Waals surface area contributed by atoms with Crippen molar-refractivity contribution in [2.75, 3.05) is 9.80 Å². The van der Waals surface area contributed by atoms with E-state index in [1.54, 1.807) is 5.57 Å². The maximum atomic E-state index is 2.72. The van der Waals surface area contributed by atoms with E-state index in [1.807, 2.05) is 0 Å². The predicted molar refractivity (Wildman–Crippen MR) is 274 cm³/mol.